The Morgan fingerprint density at radius 1 is 1.46 bits per heavy atom. The molecule has 2 aliphatic heterocycles. The van der Waals surface area contributed by atoms with Gasteiger partial charge in [-0.1, -0.05) is 0 Å². The van der Waals surface area contributed by atoms with Crippen LogP contribution >= 0.6 is 0 Å². The molecule has 3 heteroatoms. The molecule has 3 nitrogen and oxygen atoms in total. The maximum atomic E-state index is 4.14. The maximum absolute atomic E-state index is 4.14. The van der Waals surface area contributed by atoms with Crippen LogP contribution in [0, 0.1) is 5.92 Å². The molecule has 3 heterocycles. The second-order valence-corrected chi connectivity index (χ2v) is 3.85. The molecular formula is C10H13N3. The Morgan fingerprint density at radius 2 is 2.46 bits per heavy atom. The number of rotatable bonds is 1. The number of hydrogen-bond acceptors (Lipinski definition) is 3. The van der Waals surface area contributed by atoms with E-state index in [1.54, 1.807) is 0 Å². The van der Waals surface area contributed by atoms with Crippen molar-refractivity contribution in [3.63, 3.8) is 0 Å². The van der Waals surface area contributed by atoms with Crippen molar-refractivity contribution in [2.24, 2.45) is 5.92 Å². The summed E-state index contributed by atoms with van der Waals surface area (Å²) in [5.74, 6) is 0.875. The molecule has 0 saturated carbocycles. The molecule has 1 aromatic rings. The summed E-state index contributed by atoms with van der Waals surface area (Å²) < 4.78 is 0. The van der Waals surface area contributed by atoms with Crippen molar-refractivity contribution >= 4 is 5.69 Å². The first-order chi connectivity index (χ1) is 6.45. The second kappa shape index (κ2) is 2.70. The molecule has 0 spiro atoms. The second-order valence-electron chi connectivity index (χ2n) is 3.85. The van der Waals surface area contributed by atoms with Crippen LogP contribution in [-0.2, 0) is 0 Å². The van der Waals surface area contributed by atoms with Crippen molar-refractivity contribution in [1.82, 2.24) is 10.3 Å². The number of pyridine rings is 1. The molecule has 0 unspecified atom stereocenters. The molecule has 2 saturated heterocycles. The minimum absolute atomic E-state index is 0.726. The number of aromatic nitrogens is 1. The largest absolute Gasteiger partial charge is 0.365 e. The van der Waals surface area contributed by atoms with E-state index in [-0.39, 0.29) is 0 Å². The van der Waals surface area contributed by atoms with E-state index in [1.165, 1.54) is 18.8 Å². The SMILES string of the molecule is c1cncc(N2C[C@H]3CNC[C@H]32)c1. The number of nitrogens with zero attached hydrogens (tertiary/aromatic N) is 2. The van der Waals surface area contributed by atoms with Crippen LogP contribution in [0.4, 0.5) is 5.69 Å². The van der Waals surface area contributed by atoms with Gasteiger partial charge in [-0.15, -0.1) is 0 Å². The Kier molecular flexibility index (Phi) is 1.52. The van der Waals surface area contributed by atoms with E-state index in [9.17, 15) is 0 Å². The van der Waals surface area contributed by atoms with Crippen molar-refractivity contribution < 1.29 is 0 Å². The fourth-order valence-electron chi connectivity index (χ4n) is 2.34. The van der Waals surface area contributed by atoms with Gasteiger partial charge in [0.1, 0.15) is 0 Å². The summed E-state index contributed by atoms with van der Waals surface area (Å²) >= 11 is 0. The first-order valence-electron chi connectivity index (χ1n) is 4.82. The van der Waals surface area contributed by atoms with Gasteiger partial charge in [-0.2, -0.15) is 0 Å². The van der Waals surface area contributed by atoms with Crippen molar-refractivity contribution in [3.8, 4) is 0 Å². The highest BCUT2D eigenvalue weighted by molar-refractivity contribution is 5.49. The molecule has 2 aliphatic rings. The van der Waals surface area contributed by atoms with Gasteiger partial charge in [-0.25, -0.2) is 0 Å². The van der Waals surface area contributed by atoms with Gasteiger partial charge in [0.15, 0.2) is 0 Å². The van der Waals surface area contributed by atoms with Gasteiger partial charge in [0.05, 0.1) is 11.9 Å². The van der Waals surface area contributed by atoms with Crippen molar-refractivity contribution in [2.45, 2.75) is 6.04 Å². The minimum atomic E-state index is 0.726. The highest BCUT2D eigenvalue weighted by Crippen LogP contribution is 2.32. The zero-order valence-corrected chi connectivity index (χ0v) is 7.48. The summed E-state index contributed by atoms with van der Waals surface area (Å²) in [4.78, 5) is 6.58. The summed E-state index contributed by atoms with van der Waals surface area (Å²) in [6.45, 7) is 3.53. The summed E-state index contributed by atoms with van der Waals surface area (Å²) in [5.41, 5.74) is 1.27. The third-order valence-electron chi connectivity index (χ3n) is 3.11. The molecule has 0 bridgehead atoms. The lowest BCUT2D eigenvalue weighted by atomic mass is 9.91. The molecule has 68 valence electrons. The molecule has 2 fully saturated rings. The van der Waals surface area contributed by atoms with Crippen molar-refractivity contribution in [3.05, 3.63) is 24.5 Å². The summed E-state index contributed by atoms with van der Waals surface area (Å²) in [6.07, 6.45) is 3.78. The van der Waals surface area contributed by atoms with Crippen molar-refractivity contribution in [1.29, 1.82) is 0 Å². The molecule has 1 aromatic heterocycles. The van der Waals surface area contributed by atoms with E-state index in [0.29, 0.717) is 0 Å². The Labute approximate surface area is 77.8 Å². The Balaban J connectivity index is 1.81. The monoisotopic (exact) mass is 175 g/mol. The van der Waals surface area contributed by atoms with Gasteiger partial charge in [0.2, 0.25) is 0 Å². The number of hydrogen-bond donors (Lipinski definition) is 1. The lowest BCUT2D eigenvalue weighted by Crippen LogP contribution is -2.55. The van der Waals surface area contributed by atoms with E-state index in [0.717, 1.165) is 18.5 Å². The van der Waals surface area contributed by atoms with Gasteiger partial charge in [0, 0.05) is 37.8 Å². The van der Waals surface area contributed by atoms with Gasteiger partial charge >= 0.3 is 0 Å². The van der Waals surface area contributed by atoms with Crippen LogP contribution in [-0.4, -0.2) is 30.7 Å². The normalized spacial score (nSPS) is 31.2. The fourth-order valence-corrected chi connectivity index (χ4v) is 2.34. The third-order valence-corrected chi connectivity index (χ3v) is 3.11. The zero-order valence-electron chi connectivity index (χ0n) is 7.48. The number of nitrogens with one attached hydrogen (secondary N) is 1. The molecule has 0 radical (unpaired) electrons. The van der Waals surface area contributed by atoms with Crippen LogP contribution in [0.25, 0.3) is 0 Å². The van der Waals surface area contributed by atoms with Gasteiger partial charge in [0.25, 0.3) is 0 Å². The van der Waals surface area contributed by atoms with Gasteiger partial charge < -0.3 is 10.2 Å². The van der Waals surface area contributed by atoms with Crippen LogP contribution in [0.1, 0.15) is 0 Å². The molecule has 0 aliphatic carbocycles. The number of fused-ring (bicyclic) bond motifs is 1. The zero-order chi connectivity index (χ0) is 8.67. The third kappa shape index (κ3) is 1.04. The van der Waals surface area contributed by atoms with Crippen LogP contribution in [0.3, 0.4) is 0 Å². The lowest BCUT2D eigenvalue weighted by molar-refractivity contribution is 0.365. The molecule has 0 aromatic carbocycles. The molecular weight excluding hydrogens is 162 g/mol. The standard InChI is InChI=1S/C10H13N3/c1-2-9(5-11-3-1)13-7-8-4-12-6-10(8)13/h1-3,5,8,10,12H,4,6-7H2/t8-,10-/m1/s1. The molecule has 0 amide bonds. The molecule has 3 rings (SSSR count). The van der Waals surface area contributed by atoms with Crippen LogP contribution in [0.15, 0.2) is 24.5 Å². The summed E-state index contributed by atoms with van der Waals surface area (Å²) in [6, 6.07) is 4.87. The Morgan fingerprint density at radius 3 is 3.23 bits per heavy atom. The van der Waals surface area contributed by atoms with Gasteiger partial charge in [-0.3, -0.25) is 4.98 Å². The van der Waals surface area contributed by atoms with Crippen molar-refractivity contribution in [2.75, 3.05) is 24.5 Å². The topological polar surface area (TPSA) is 28.2 Å². The quantitative estimate of drug-likeness (QED) is 0.673. The number of anilines is 1. The van der Waals surface area contributed by atoms with Gasteiger partial charge in [-0.05, 0) is 12.1 Å². The highest BCUT2D eigenvalue weighted by atomic mass is 15.3. The predicted octanol–water partition coefficient (Wildman–Crippen LogP) is 0.490. The van der Waals surface area contributed by atoms with E-state index >= 15 is 0 Å². The van der Waals surface area contributed by atoms with Crippen LogP contribution in [0.2, 0.25) is 0 Å². The highest BCUT2D eigenvalue weighted by Gasteiger charge is 2.41. The Bertz CT molecular complexity index is 298. The summed E-state index contributed by atoms with van der Waals surface area (Å²) in [7, 11) is 0. The van der Waals surface area contributed by atoms with Crippen LogP contribution in [0.5, 0.6) is 0 Å². The first-order valence-corrected chi connectivity index (χ1v) is 4.82. The Hall–Kier alpha value is -1.09. The predicted molar refractivity (Wildman–Crippen MR) is 51.7 cm³/mol. The summed E-state index contributed by atoms with van der Waals surface area (Å²) in [5, 5.41) is 3.42. The average Bonchev–Trinajstić information content (AvgIpc) is 2.50. The first kappa shape index (κ1) is 7.33. The average molecular weight is 175 g/mol. The fraction of sp³-hybridized carbons (Fsp3) is 0.500. The van der Waals surface area contributed by atoms with E-state index < -0.39 is 0 Å². The molecule has 2 atom stereocenters. The van der Waals surface area contributed by atoms with Crippen LogP contribution < -0.4 is 10.2 Å². The maximum Gasteiger partial charge on any atom is 0.0555 e. The smallest absolute Gasteiger partial charge is 0.0555 e. The van der Waals surface area contributed by atoms with E-state index in [4.69, 9.17) is 0 Å². The molecule has 13 heavy (non-hydrogen) atoms. The minimum Gasteiger partial charge on any atom is -0.365 e. The van der Waals surface area contributed by atoms with E-state index in [1.807, 2.05) is 18.5 Å². The molecule has 1 N–H and O–H groups in total. The van der Waals surface area contributed by atoms with E-state index in [2.05, 4.69) is 21.3 Å². The lowest BCUT2D eigenvalue weighted by Gasteiger charge is -2.45.